The van der Waals surface area contributed by atoms with Crippen LogP contribution < -0.4 is 0 Å². The summed E-state index contributed by atoms with van der Waals surface area (Å²) in [6, 6.07) is 6.95. The first-order valence-electron chi connectivity index (χ1n) is 4.87. The number of carbonyl (C=O) groups is 1. The van der Waals surface area contributed by atoms with Gasteiger partial charge < -0.3 is 4.74 Å². The van der Waals surface area contributed by atoms with Crippen molar-refractivity contribution in [1.82, 2.24) is 0 Å². The van der Waals surface area contributed by atoms with E-state index < -0.39 is 11.6 Å². The predicted octanol–water partition coefficient (Wildman–Crippen LogP) is 3.03. The van der Waals surface area contributed by atoms with Crippen LogP contribution in [0.25, 0.3) is 0 Å². The highest BCUT2D eigenvalue weighted by Gasteiger charge is 2.13. The summed E-state index contributed by atoms with van der Waals surface area (Å²) in [7, 11) is 0. The van der Waals surface area contributed by atoms with Crippen molar-refractivity contribution in [1.29, 1.82) is 0 Å². The molecule has 1 aromatic rings. The van der Waals surface area contributed by atoms with E-state index in [2.05, 4.69) is 11.8 Å². The van der Waals surface area contributed by atoms with E-state index in [1.165, 1.54) is 0 Å². The molecule has 0 aromatic heterocycles. The molecule has 0 heterocycles. The van der Waals surface area contributed by atoms with Gasteiger partial charge in [0.15, 0.2) is 0 Å². The summed E-state index contributed by atoms with van der Waals surface area (Å²) in [4.78, 5) is 11.3. The molecule has 2 nitrogen and oxygen atoms in total. The van der Waals surface area contributed by atoms with Crippen molar-refractivity contribution < 1.29 is 9.53 Å². The third-order valence-corrected chi connectivity index (χ3v) is 1.80. The fraction of sp³-hybridized carbons (Fsp3) is 0.308. The average Bonchev–Trinajstić information content (AvgIpc) is 2.14. The highest BCUT2D eigenvalue weighted by Crippen LogP contribution is 2.09. The van der Waals surface area contributed by atoms with Crippen molar-refractivity contribution in [3.05, 3.63) is 34.9 Å². The zero-order valence-electron chi connectivity index (χ0n) is 9.50. The Labute approximate surface area is 101 Å². The van der Waals surface area contributed by atoms with Gasteiger partial charge in [-0.1, -0.05) is 17.5 Å². The lowest BCUT2D eigenvalue weighted by Gasteiger charge is -2.16. The Balaban J connectivity index is 2.68. The lowest BCUT2D eigenvalue weighted by Crippen LogP contribution is -2.22. The number of hydrogen-bond acceptors (Lipinski definition) is 2. The highest BCUT2D eigenvalue weighted by atomic mass is 35.5. The fourth-order valence-corrected chi connectivity index (χ4v) is 1.09. The van der Waals surface area contributed by atoms with E-state index in [-0.39, 0.29) is 0 Å². The molecule has 0 saturated heterocycles. The molecule has 1 rings (SSSR count). The molecule has 0 bridgehead atoms. The SMILES string of the molecule is CC(C)(C)OC(=O)C#Cc1ccc(Cl)cc1. The largest absolute Gasteiger partial charge is 0.450 e. The molecule has 0 atom stereocenters. The minimum absolute atomic E-state index is 0.508. The first-order valence-corrected chi connectivity index (χ1v) is 5.25. The molecule has 0 spiro atoms. The first kappa shape index (κ1) is 12.6. The Morgan fingerprint density at radius 1 is 1.25 bits per heavy atom. The van der Waals surface area contributed by atoms with Crippen LogP contribution in [0.5, 0.6) is 0 Å². The van der Waals surface area contributed by atoms with Crippen molar-refractivity contribution in [2.45, 2.75) is 26.4 Å². The van der Waals surface area contributed by atoms with E-state index >= 15 is 0 Å². The van der Waals surface area contributed by atoms with E-state index in [4.69, 9.17) is 16.3 Å². The lowest BCUT2D eigenvalue weighted by molar-refractivity contribution is -0.147. The number of carbonyl (C=O) groups excluding carboxylic acids is 1. The Morgan fingerprint density at radius 3 is 2.31 bits per heavy atom. The molecular formula is C13H13ClO2. The zero-order chi connectivity index (χ0) is 12.2. The Kier molecular flexibility index (Phi) is 3.98. The minimum atomic E-state index is -0.526. The second-order valence-corrected chi connectivity index (χ2v) is 4.70. The molecule has 0 radical (unpaired) electrons. The standard InChI is InChI=1S/C13H13ClO2/c1-13(2,3)16-12(15)9-6-10-4-7-11(14)8-5-10/h4-5,7-8H,1-3H3. The van der Waals surface area contributed by atoms with Gasteiger partial charge in [-0.3, -0.25) is 0 Å². The number of benzene rings is 1. The first-order chi connectivity index (χ1) is 7.37. The number of hydrogen-bond donors (Lipinski definition) is 0. The molecule has 0 N–H and O–H groups in total. The van der Waals surface area contributed by atoms with Gasteiger partial charge in [-0.15, -0.1) is 0 Å². The van der Waals surface area contributed by atoms with E-state index in [9.17, 15) is 4.79 Å². The van der Waals surface area contributed by atoms with E-state index in [1.807, 2.05) is 0 Å². The van der Waals surface area contributed by atoms with Crippen LogP contribution in [-0.4, -0.2) is 11.6 Å². The molecule has 0 aliphatic rings. The van der Waals surface area contributed by atoms with Gasteiger partial charge in [0, 0.05) is 16.5 Å². The van der Waals surface area contributed by atoms with Crippen LogP contribution in [0.2, 0.25) is 5.02 Å². The molecule has 1 aromatic carbocycles. The van der Waals surface area contributed by atoms with Crippen LogP contribution in [0, 0.1) is 11.8 Å². The van der Waals surface area contributed by atoms with Crippen molar-refractivity contribution in [3.63, 3.8) is 0 Å². The van der Waals surface area contributed by atoms with Gasteiger partial charge in [0.25, 0.3) is 0 Å². The average molecular weight is 237 g/mol. The maximum Gasteiger partial charge on any atom is 0.385 e. The summed E-state index contributed by atoms with van der Waals surface area (Å²) >= 11 is 5.72. The van der Waals surface area contributed by atoms with E-state index in [0.29, 0.717) is 5.02 Å². The predicted molar refractivity (Wildman–Crippen MR) is 64.2 cm³/mol. The van der Waals surface area contributed by atoms with Crippen LogP contribution in [0.4, 0.5) is 0 Å². The second-order valence-electron chi connectivity index (χ2n) is 4.26. The van der Waals surface area contributed by atoms with Gasteiger partial charge in [0.1, 0.15) is 5.60 Å². The van der Waals surface area contributed by atoms with Crippen molar-refractivity contribution in [3.8, 4) is 11.8 Å². The number of rotatable bonds is 0. The Morgan fingerprint density at radius 2 is 1.81 bits per heavy atom. The van der Waals surface area contributed by atoms with Gasteiger partial charge in [-0.05, 0) is 45.0 Å². The summed E-state index contributed by atoms with van der Waals surface area (Å²) in [6.07, 6.45) is 0. The van der Waals surface area contributed by atoms with Crippen molar-refractivity contribution in [2.75, 3.05) is 0 Å². The third-order valence-electron chi connectivity index (χ3n) is 1.55. The Hall–Kier alpha value is -1.46. The maximum absolute atomic E-state index is 11.3. The van der Waals surface area contributed by atoms with Gasteiger partial charge in [0.2, 0.25) is 0 Å². The summed E-state index contributed by atoms with van der Waals surface area (Å²) in [6.45, 7) is 5.40. The van der Waals surface area contributed by atoms with Crippen molar-refractivity contribution >= 4 is 17.6 Å². The molecule has 0 aliphatic carbocycles. The summed E-state index contributed by atoms with van der Waals surface area (Å²) < 4.78 is 5.04. The van der Waals surface area contributed by atoms with Crippen LogP contribution in [0.15, 0.2) is 24.3 Å². The van der Waals surface area contributed by atoms with Gasteiger partial charge in [-0.25, -0.2) is 4.79 Å². The van der Waals surface area contributed by atoms with Crippen molar-refractivity contribution in [2.24, 2.45) is 0 Å². The molecule has 0 unspecified atom stereocenters. The third kappa shape index (κ3) is 4.86. The number of ether oxygens (including phenoxy) is 1. The van der Waals surface area contributed by atoms with Gasteiger partial charge in [-0.2, -0.15) is 0 Å². The quantitative estimate of drug-likeness (QED) is 0.511. The van der Waals surface area contributed by atoms with Crippen LogP contribution in [0.1, 0.15) is 26.3 Å². The second kappa shape index (κ2) is 5.05. The molecule has 0 fully saturated rings. The number of halogens is 1. The molecule has 0 saturated carbocycles. The fourth-order valence-electron chi connectivity index (χ4n) is 0.960. The molecular weight excluding hydrogens is 224 g/mol. The summed E-state index contributed by atoms with van der Waals surface area (Å²) in [5, 5.41) is 0.641. The molecule has 0 amide bonds. The van der Waals surface area contributed by atoms with Gasteiger partial charge in [0.05, 0.1) is 0 Å². The monoisotopic (exact) mass is 236 g/mol. The maximum atomic E-state index is 11.3. The molecule has 3 heteroatoms. The summed E-state index contributed by atoms with van der Waals surface area (Å²) in [5.74, 6) is 4.61. The van der Waals surface area contributed by atoms with Crippen LogP contribution in [-0.2, 0) is 9.53 Å². The van der Waals surface area contributed by atoms with Crippen LogP contribution in [0.3, 0.4) is 0 Å². The normalized spacial score (nSPS) is 10.2. The molecule has 0 aliphatic heterocycles. The van der Waals surface area contributed by atoms with E-state index in [1.54, 1.807) is 45.0 Å². The highest BCUT2D eigenvalue weighted by molar-refractivity contribution is 6.30. The smallest absolute Gasteiger partial charge is 0.385 e. The summed E-state index contributed by atoms with van der Waals surface area (Å²) in [5.41, 5.74) is 0.224. The zero-order valence-corrected chi connectivity index (χ0v) is 10.3. The topological polar surface area (TPSA) is 26.3 Å². The lowest BCUT2D eigenvalue weighted by atomic mass is 10.2. The number of esters is 1. The Bertz CT molecular complexity index is 430. The molecule has 84 valence electrons. The molecule has 16 heavy (non-hydrogen) atoms. The minimum Gasteiger partial charge on any atom is -0.450 e. The van der Waals surface area contributed by atoms with Gasteiger partial charge >= 0.3 is 5.97 Å². The van der Waals surface area contributed by atoms with E-state index in [0.717, 1.165) is 5.56 Å². The van der Waals surface area contributed by atoms with Crippen LogP contribution >= 0.6 is 11.6 Å².